The molecular formula is C34H35N3O7. The number of rotatable bonds is 9. The van der Waals surface area contributed by atoms with Gasteiger partial charge in [-0.15, -0.1) is 0 Å². The molecule has 0 fully saturated rings. The van der Waals surface area contributed by atoms with Gasteiger partial charge in [0.25, 0.3) is 0 Å². The smallest absolute Gasteiger partial charge is 0.419 e. The Balaban J connectivity index is 1.15. The van der Waals surface area contributed by atoms with Crippen molar-refractivity contribution in [1.82, 2.24) is 15.2 Å². The van der Waals surface area contributed by atoms with E-state index in [1.807, 2.05) is 36.4 Å². The lowest BCUT2D eigenvalue weighted by Crippen LogP contribution is -2.43. The molecule has 1 heterocycles. The summed E-state index contributed by atoms with van der Waals surface area (Å²) in [4.78, 5) is 50.0. The lowest BCUT2D eigenvalue weighted by atomic mass is 9.98. The van der Waals surface area contributed by atoms with E-state index in [1.165, 1.54) is 4.57 Å². The molecule has 5 rings (SSSR count). The lowest BCUT2D eigenvalue weighted by molar-refractivity contribution is -0.141. The van der Waals surface area contributed by atoms with Crippen LogP contribution in [0.25, 0.3) is 22.0 Å². The number of fused-ring (bicyclic) bond motifs is 4. The molecule has 0 unspecified atom stereocenters. The molecule has 44 heavy (non-hydrogen) atoms. The molecule has 10 nitrogen and oxygen atoms in total. The number of ether oxygens (including phenoxy) is 2. The van der Waals surface area contributed by atoms with Gasteiger partial charge in [-0.1, -0.05) is 66.7 Å². The third kappa shape index (κ3) is 6.75. The Hall–Kier alpha value is -5.12. The van der Waals surface area contributed by atoms with Gasteiger partial charge in [-0.25, -0.2) is 14.4 Å². The molecule has 2 amide bonds. The van der Waals surface area contributed by atoms with E-state index in [0.717, 1.165) is 22.3 Å². The number of aliphatic carboxylic acids is 1. The Kier molecular flexibility index (Phi) is 8.71. The molecule has 4 aromatic rings. The maximum absolute atomic E-state index is 12.8. The number of aromatic nitrogens is 1. The molecule has 0 aliphatic heterocycles. The number of amides is 2. The highest BCUT2D eigenvalue weighted by Gasteiger charge is 2.29. The number of hydrogen-bond acceptors (Lipinski definition) is 6. The van der Waals surface area contributed by atoms with Crippen LogP contribution in [0, 0.1) is 0 Å². The topological polar surface area (TPSA) is 136 Å². The van der Waals surface area contributed by atoms with Crippen molar-refractivity contribution in [3.63, 3.8) is 0 Å². The van der Waals surface area contributed by atoms with Crippen molar-refractivity contribution in [2.75, 3.05) is 13.2 Å². The standard InChI is InChI=1S/C34H35N3O7/c1-34(2,3)44-33(42)37-19-21(22-10-8-9-15-29(22)37)18-28(31(39)40)36-30(38)16-17-35-32(41)43-20-27-25-13-6-4-11-23(25)24-12-5-7-14-26(24)27/h4-15,19,27-28H,16-18,20H2,1-3H3,(H,35,41)(H,36,38)(H,39,40)/t28-/m0/s1. The summed E-state index contributed by atoms with van der Waals surface area (Å²) >= 11 is 0. The first-order valence-electron chi connectivity index (χ1n) is 14.4. The number of para-hydroxylation sites is 1. The summed E-state index contributed by atoms with van der Waals surface area (Å²) in [5, 5.41) is 15.6. The Morgan fingerprint density at radius 1 is 0.909 bits per heavy atom. The van der Waals surface area contributed by atoms with E-state index in [2.05, 4.69) is 22.8 Å². The van der Waals surface area contributed by atoms with Crippen molar-refractivity contribution >= 4 is 35.0 Å². The fraction of sp³-hybridized carbons (Fsp3) is 0.294. The number of carboxylic acids is 1. The van der Waals surface area contributed by atoms with Gasteiger partial charge in [0.15, 0.2) is 0 Å². The molecule has 10 heteroatoms. The maximum atomic E-state index is 12.8. The fourth-order valence-corrected chi connectivity index (χ4v) is 5.49. The first kappa shape index (κ1) is 30.3. The van der Waals surface area contributed by atoms with Crippen molar-refractivity contribution in [3.8, 4) is 11.1 Å². The van der Waals surface area contributed by atoms with Crippen LogP contribution in [-0.2, 0) is 25.5 Å². The molecule has 3 N–H and O–H groups in total. The molecule has 0 spiro atoms. The number of carboxylic acid groups (broad SMARTS) is 1. The molecule has 1 aromatic heterocycles. The second-order valence-corrected chi connectivity index (χ2v) is 11.7. The van der Waals surface area contributed by atoms with Crippen LogP contribution in [-0.4, -0.2) is 58.5 Å². The van der Waals surface area contributed by atoms with Crippen molar-refractivity contribution < 1.29 is 33.8 Å². The Bertz CT molecular complexity index is 1670. The van der Waals surface area contributed by atoms with E-state index in [1.54, 1.807) is 51.2 Å². The van der Waals surface area contributed by atoms with E-state index >= 15 is 0 Å². The number of hydrogen-bond donors (Lipinski definition) is 3. The van der Waals surface area contributed by atoms with E-state index < -0.39 is 35.7 Å². The van der Waals surface area contributed by atoms with Crippen LogP contribution >= 0.6 is 0 Å². The summed E-state index contributed by atoms with van der Waals surface area (Å²) in [6.45, 7) is 5.39. The van der Waals surface area contributed by atoms with Gasteiger partial charge < -0.3 is 25.2 Å². The summed E-state index contributed by atoms with van der Waals surface area (Å²) in [5.41, 5.74) is 4.85. The zero-order valence-corrected chi connectivity index (χ0v) is 24.8. The highest BCUT2D eigenvalue weighted by Crippen LogP contribution is 2.44. The number of carbonyl (C=O) groups is 4. The minimum atomic E-state index is -1.25. The summed E-state index contributed by atoms with van der Waals surface area (Å²) < 4.78 is 12.3. The molecule has 1 aliphatic rings. The zero-order valence-electron chi connectivity index (χ0n) is 24.8. The van der Waals surface area contributed by atoms with Crippen LogP contribution in [0.4, 0.5) is 9.59 Å². The predicted molar refractivity (Wildman–Crippen MR) is 165 cm³/mol. The Morgan fingerprint density at radius 2 is 1.52 bits per heavy atom. The van der Waals surface area contributed by atoms with Crippen LogP contribution in [0.2, 0.25) is 0 Å². The summed E-state index contributed by atoms with van der Waals surface area (Å²) in [5.74, 6) is -1.86. The quantitative estimate of drug-likeness (QED) is 0.233. The Labute approximate surface area is 255 Å². The number of nitrogens with zero attached hydrogens (tertiary/aromatic N) is 1. The SMILES string of the molecule is CC(C)(C)OC(=O)n1cc(C[C@H](NC(=O)CCNC(=O)OCC2c3ccccc3-c3ccccc32)C(=O)O)c2ccccc21. The summed E-state index contributed by atoms with van der Waals surface area (Å²) in [7, 11) is 0. The van der Waals surface area contributed by atoms with Crippen LogP contribution in [0.15, 0.2) is 79.0 Å². The molecule has 0 saturated heterocycles. The van der Waals surface area contributed by atoms with E-state index in [9.17, 15) is 24.3 Å². The molecule has 1 atom stereocenters. The van der Waals surface area contributed by atoms with Crippen LogP contribution < -0.4 is 10.6 Å². The molecule has 0 saturated carbocycles. The van der Waals surface area contributed by atoms with Crippen molar-refractivity contribution in [2.24, 2.45) is 0 Å². The second kappa shape index (κ2) is 12.6. The van der Waals surface area contributed by atoms with Gasteiger partial charge in [0, 0.05) is 36.9 Å². The molecule has 1 aliphatic carbocycles. The van der Waals surface area contributed by atoms with Gasteiger partial charge in [0.05, 0.1) is 5.52 Å². The van der Waals surface area contributed by atoms with Gasteiger partial charge in [-0.3, -0.25) is 9.36 Å². The van der Waals surface area contributed by atoms with E-state index in [4.69, 9.17) is 9.47 Å². The lowest BCUT2D eigenvalue weighted by Gasteiger charge is -2.19. The maximum Gasteiger partial charge on any atom is 0.419 e. The molecule has 228 valence electrons. The molecule has 0 radical (unpaired) electrons. The molecule has 3 aromatic carbocycles. The highest BCUT2D eigenvalue weighted by atomic mass is 16.6. The number of carbonyl (C=O) groups excluding carboxylic acids is 3. The largest absolute Gasteiger partial charge is 0.480 e. The first-order valence-corrected chi connectivity index (χ1v) is 14.4. The number of nitrogens with one attached hydrogen (secondary N) is 2. The first-order chi connectivity index (χ1) is 21.0. The van der Waals surface area contributed by atoms with Gasteiger partial charge in [-0.05, 0) is 54.7 Å². The third-order valence-corrected chi connectivity index (χ3v) is 7.41. The highest BCUT2D eigenvalue weighted by molar-refractivity contribution is 5.93. The summed E-state index contributed by atoms with van der Waals surface area (Å²) in [6.07, 6.45) is 0.0873. The van der Waals surface area contributed by atoms with Crippen LogP contribution in [0.5, 0.6) is 0 Å². The summed E-state index contributed by atoms with van der Waals surface area (Å²) in [6, 6.07) is 21.9. The fourth-order valence-electron chi connectivity index (χ4n) is 5.49. The predicted octanol–water partition coefficient (Wildman–Crippen LogP) is 5.47. The monoisotopic (exact) mass is 597 g/mol. The second-order valence-electron chi connectivity index (χ2n) is 11.7. The molecule has 0 bridgehead atoms. The minimum absolute atomic E-state index is 0.0349. The van der Waals surface area contributed by atoms with Crippen LogP contribution in [0.3, 0.4) is 0 Å². The minimum Gasteiger partial charge on any atom is -0.480 e. The zero-order chi connectivity index (χ0) is 31.4. The average molecular weight is 598 g/mol. The van der Waals surface area contributed by atoms with Gasteiger partial charge in [0.2, 0.25) is 5.91 Å². The van der Waals surface area contributed by atoms with Crippen molar-refractivity contribution in [2.45, 2.75) is 51.2 Å². The van der Waals surface area contributed by atoms with E-state index in [-0.39, 0.29) is 31.9 Å². The average Bonchev–Trinajstić information content (AvgIpc) is 3.51. The van der Waals surface area contributed by atoms with Gasteiger partial charge in [0.1, 0.15) is 18.2 Å². The van der Waals surface area contributed by atoms with E-state index in [0.29, 0.717) is 16.5 Å². The normalized spacial score (nSPS) is 13.1. The number of alkyl carbamates (subject to hydrolysis) is 1. The van der Waals surface area contributed by atoms with Gasteiger partial charge >= 0.3 is 18.2 Å². The molecular weight excluding hydrogens is 562 g/mol. The number of benzene rings is 3. The van der Waals surface area contributed by atoms with Crippen molar-refractivity contribution in [1.29, 1.82) is 0 Å². The van der Waals surface area contributed by atoms with Crippen LogP contribution in [0.1, 0.15) is 49.8 Å². The third-order valence-electron chi connectivity index (χ3n) is 7.41. The Morgan fingerprint density at radius 3 is 2.16 bits per heavy atom. The van der Waals surface area contributed by atoms with Crippen molar-refractivity contribution in [3.05, 3.63) is 95.7 Å². The van der Waals surface area contributed by atoms with Gasteiger partial charge in [-0.2, -0.15) is 0 Å².